The van der Waals surface area contributed by atoms with Crippen molar-refractivity contribution in [1.29, 1.82) is 0 Å². The average molecular weight is 279 g/mol. The lowest BCUT2D eigenvalue weighted by Gasteiger charge is -2.18. The largest absolute Gasteiger partial charge is 0.487 e. The monoisotopic (exact) mass is 279 g/mol. The van der Waals surface area contributed by atoms with Gasteiger partial charge in [0, 0.05) is 18.5 Å². The molecule has 106 valence electrons. The van der Waals surface area contributed by atoms with Crippen molar-refractivity contribution in [2.24, 2.45) is 0 Å². The highest BCUT2D eigenvalue weighted by atomic mass is 32.2. The SMILES string of the molecule is CSCCCCNCc1cccc2c1OC(C)(C)C2. The lowest BCUT2D eigenvalue weighted by molar-refractivity contribution is 0.137. The Bertz CT molecular complexity index is 417. The first-order chi connectivity index (χ1) is 9.12. The highest BCUT2D eigenvalue weighted by Crippen LogP contribution is 2.37. The van der Waals surface area contributed by atoms with Crippen LogP contribution in [0.2, 0.25) is 0 Å². The fraction of sp³-hybridized carbons (Fsp3) is 0.625. The van der Waals surface area contributed by atoms with Crippen LogP contribution in [0.4, 0.5) is 0 Å². The van der Waals surface area contributed by atoms with Crippen LogP contribution < -0.4 is 10.1 Å². The molecular weight excluding hydrogens is 254 g/mol. The van der Waals surface area contributed by atoms with Gasteiger partial charge in [0.1, 0.15) is 11.4 Å². The van der Waals surface area contributed by atoms with Gasteiger partial charge in [0.15, 0.2) is 0 Å². The molecule has 1 aromatic carbocycles. The zero-order chi connectivity index (χ0) is 13.7. The summed E-state index contributed by atoms with van der Waals surface area (Å²) in [5.74, 6) is 2.38. The number of hydrogen-bond acceptors (Lipinski definition) is 3. The molecule has 1 aliphatic rings. The molecule has 1 aliphatic heterocycles. The third kappa shape index (κ3) is 4.15. The molecule has 1 heterocycles. The second-order valence-electron chi connectivity index (χ2n) is 5.82. The molecule has 2 rings (SSSR count). The molecule has 0 radical (unpaired) electrons. The molecule has 0 bridgehead atoms. The van der Waals surface area contributed by atoms with Crippen LogP contribution in [-0.2, 0) is 13.0 Å². The zero-order valence-electron chi connectivity index (χ0n) is 12.3. The van der Waals surface area contributed by atoms with E-state index in [-0.39, 0.29) is 5.60 Å². The maximum Gasteiger partial charge on any atom is 0.127 e. The lowest BCUT2D eigenvalue weighted by Crippen LogP contribution is -2.25. The Morgan fingerprint density at radius 3 is 2.95 bits per heavy atom. The Hall–Kier alpha value is -0.670. The molecule has 3 heteroatoms. The van der Waals surface area contributed by atoms with Crippen LogP contribution in [0.25, 0.3) is 0 Å². The van der Waals surface area contributed by atoms with Gasteiger partial charge in [-0.15, -0.1) is 0 Å². The van der Waals surface area contributed by atoms with Crippen molar-refractivity contribution in [3.05, 3.63) is 29.3 Å². The van der Waals surface area contributed by atoms with Gasteiger partial charge in [0.2, 0.25) is 0 Å². The molecule has 0 spiro atoms. The normalized spacial score (nSPS) is 16.2. The Balaban J connectivity index is 1.84. The van der Waals surface area contributed by atoms with Crippen LogP contribution in [0.3, 0.4) is 0 Å². The molecule has 0 unspecified atom stereocenters. The molecule has 1 aromatic rings. The lowest BCUT2D eigenvalue weighted by atomic mass is 10.0. The van der Waals surface area contributed by atoms with E-state index in [2.05, 4.69) is 43.6 Å². The van der Waals surface area contributed by atoms with Gasteiger partial charge in [-0.3, -0.25) is 0 Å². The standard InChI is InChI=1S/C16H25NOS/c1-16(2)11-13-7-6-8-14(15(13)18-16)12-17-9-4-5-10-19-3/h6-8,17H,4-5,9-12H2,1-3H3. The van der Waals surface area contributed by atoms with E-state index >= 15 is 0 Å². The second kappa shape index (κ2) is 6.67. The number of hydrogen-bond donors (Lipinski definition) is 1. The van der Waals surface area contributed by atoms with Gasteiger partial charge in [0.25, 0.3) is 0 Å². The first-order valence-electron chi connectivity index (χ1n) is 7.12. The van der Waals surface area contributed by atoms with Crippen LogP contribution in [-0.4, -0.2) is 24.2 Å². The number of nitrogens with one attached hydrogen (secondary N) is 1. The first-order valence-corrected chi connectivity index (χ1v) is 8.51. The van der Waals surface area contributed by atoms with E-state index in [1.54, 1.807) is 0 Å². The summed E-state index contributed by atoms with van der Waals surface area (Å²) < 4.78 is 6.08. The Labute approximate surface area is 121 Å². The summed E-state index contributed by atoms with van der Waals surface area (Å²) in [5, 5.41) is 3.53. The number of para-hydroxylation sites is 1. The van der Waals surface area contributed by atoms with Crippen molar-refractivity contribution in [1.82, 2.24) is 5.32 Å². The summed E-state index contributed by atoms with van der Waals surface area (Å²) in [5.41, 5.74) is 2.61. The van der Waals surface area contributed by atoms with Gasteiger partial charge in [-0.05, 0) is 50.8 Å². The van der Waals surface area contributed by atoms with E-state index in [4.69, 9.17) is 4.74 Å². The van der Waals surface area contributed by atoms with E-state index in [9.17, 15) is 0 Å². The molecule has 0 atom stereocenters. The minimum Gasteiger partial charge on any atom is -0.487 e. The average Bonchev–Trinajstić information content (AvgIpc) is 2.68. The number of unbranched alkanes of at least 4 members (excludes halogenated alkanes) is 1. The number of ether oxygens (including phenoxy) is 1. The van der Waals surface area contributed by atoms with Crippen molar-refractivity contribution >= 4 is 11.8 Å². The molecule has 0 amide bonds. The molecule has 19 heavy (non-hydrogen) atoms. The van der Waals surface area contributed by atoms with Crippen molar-refractivity contribution in [2.75, 3.05) is 18.6 Å². The van der Waals surface area contributed by atoms with E-state index in [1.165, 1.54) is 29.7 Å². The topological polar surface area (TPSA) is 21.3 Å². The minimum absolute atomic E-state index is 0.0449. The number of thioether (sulfide) groups is 1. The van der Waals surface area contributed by atoms with Gasteiger partial charge in [-0.2, -0.15) is 11.8 Å². The predicted molar refractivity (Wildman–Crippen MR) is 84.2 cm³/mol. The van der Waals surface area contributed by atoms with E-state index in [0.29, 0.717) is 0 Å². The smallest absolute Gasteiger partial charge is 0.127 e. The van der Waals surface area contributed by atoms with E-state index < -0.39 is 0 Å². The second-order valence-corrected chi connectivity index (χ2v) is 6.81. The van der Waals surface area contributed by atoms with Crippen LogP contribution in [0.15, 0.2) is 18.2 Å². The van der Waals surface area contributed by atoms with Gasteiger partial charge < -0.3 is 10.1 Å². The fourth-order valence-electron chi connectivity index (χ4n) is 2.54. The summed E-state index contributed by atoms with van der Waals surface area (Å²) in [6.45, 7) is 6.32. The third-order valence-electron chi connectivity index (χ3n) is 3.44. The highest BCUT2D eigenvalue weighted by Gasteiger charge is 2.31. The summed E-state index contributed by atoms with van der Waals surface area (Å²) in [7, 11) is 0. The van der Waals surface area contributed by atoms with Crippen molar-refractivity contribution in [2.45, 2.75) is 45.3 Å². The molecule has 0 aliphatic carbocycles. The van der Waals surface area contributed by atoms with Crippen LogP contribution in [0, 0.1) is 0 Å². The van der Waals surface area contributed by atoms with Crippen molar-refractivity contribution in [3.8, 4) is 5.75 Å². The predicted octanol–water partition coefficient (Wildman–Crippen LogP) is 3.63. The quantitative estimate of drug-likeness (QED) is 0.770. The molecule has 2 nitrogen and oxygen atoms in total. The minimum atomic E-state index is -0.0449. The summed E-state index contributed by atoms with van der Waals surface area (Å²) >= 11 is 1.92. The first kappa shape index (κ1) is 14.7. The molecule has 0 aromatic heterocycles. The molecule has 0 saturated heterocycles. The Morgan fingerprint density at radius 2 is 2.16 bits per heavy atom. The number of rotatable bonds is 7. The highest BCUT2D eigenvalue weighted by molar-refractivity contribution is 7.98. The zero-order valence-corrected chi connectivity index (χ0v) is 13.1. The van der Waals surface area contributed by atoms with Gasteiger partial charge in [-0.1, -0.05) is 18.2 Å². The van der Waals surface area contributed by atoms with Crippen LogP contribution in [0.1, 0.15) is 37.8 Å². The fourth-order valence-corrected chi connectivity index (χ4v) is 3.03. The van der Waals surface area contributed by atoms with E-state index in [1.807, 2.05) is 11.8 Å². The van der Waals surface area contributed by atoms with Gasteiger partial charge in [0.05, 0.1) is 0 Å². The third-order valence-corrected chi connectivity index (χ3v) is 4.14. The van der Waals surface area contributed by atoms with Crippen molar-refractivity contribution in [3.63, 3.8) is 0 Å². The Morgan fingerprint density at radius 1 is 1.32 bits per heavy atom. The molecule has 1 N–H and O–H groups in total. The summed E-state index contributed by atoms with van der Waals surface area (Å²) in [6, 6.07) is 6.51. The van der Waals surface area contributed by atoms with Crippen molar-refractivity contribution < 1.29 is 4.74 Å². The summed E-state index contributed by atoms with van der Waals surface area (Å²) in [6.07, 6.45) is 5.73. The van der Waals surface area contributed by atoms with E-state index in [0.717, 1.165) is 25.3 Å². The summed E-state index contributed by atoms with van der Waals surface area (Å²) in [4.78, 5) is 0. The van der Waals surface area contributed by atoms with Crippen LogP contribution >= 0.6 is 11.8 Å². The molecule has 0 fully saturated rings. The number of fused-ring (bicyclic) bond motifs is 1. The van der Waals surface area contributed by atoms with Gasteiger partial charge >= 0.3 is 0 Å². The maximum absolute atomic E-state index is 6.08. The Kier molecular flexibility index (Phi) is 5.17. The molecular formula is C16H25NOS. The van der Waals surface area contributed by atoms with Gasteiger partial charge in [-0.25, -0.2) is 0 Å². The van der Waals surface area contributed by atoms with Crippen LogP contribution in [0.5, 0.6) is 5.75 Å². The number of benzene rings is 1. The maximum atomic E-state index is 6.08. The molecule has 0 saturated carbocycles.